The molecule has 23 heavy (non-hydrogen) atoms. The van der Waals surface area contributed by atoms with Crippen LogP contribution in [0, 0.1) is 0 Å². The van der Waals surface area contributed by atoms with Crippen molar-refractivity contribution < 1.29 is 13.7 Å². The van der Waals surface area contributed by atoms with Gasteiger partial charge in [-0.05, 0) is 40.0 Å². The number of hydrogen-bond acceptors (Lipinski definition) is 5. The normalized spacial score (nSPS) is 20.2. The van der Waals surface area contributed by atoms with Gasteiger partial charge in [0.2, 0.25) is 0 Å². The lowest BCUT2D eigenvalue weighted by Gasteiger charge is -2.36. The molecule has 2 atom stereocenters. The number of piperidine rings is 1. The van der Waals surface area contributed by atoms with Crippen molar-refractivity contribution in [1.29, 1.82) is 0 Å². The molecule has 0 N–H and O–H groups in total. The number of halogens is 1. The van der Waals surface area contributed by atoms with Gasteiger partial charge in [0.25, 0.3) is 0 Å². The summed E-state index contributed by atoms with van der Waals surface area (Å²) in [7, 11) is -1.34. The Hall–Kier alpha value is -1.21. The second-order valence-electron chi connectivity index (χ2n) is 6.51. The fourth-order valence-corrected chi connectivity index (χ4v) is 3.92. The molecule has 2 heterocycles. The number of nitrogens with zero attached hydrogens (tertiary/aromatic N) is 3. The van der Waals surface area contributed by atoms with Gasteiger partial charge >= 0.3 is 6.09 Å². The highest BCUT2D eigenvalue weighted by molar-refractivity contribution is 7.85. The van der Waals surface area contributed by atoms with Gasteiger partial charge in [-0.15, -0.1) is 0 Å². The van der Waals surface area contributed by atoms with Gasteiger partial charge in [0.1, 0.15) is 22.1 Å². The van der Waals surface area contributed by atoms with E-state index >= 15 is 0 Å². The van der Waals surface area contributed by atoms with E-state index in [1.165, 1.54) is 12.4 Å². The van der Waals surface area contributed by atoms with Gasteiger partial charge in [-0.1, -0.05) is 11.6 Å². The number of likely N-dealkylation sites (tertiary alicyclic amines) is 1. The smallest absolute Gasteiger partial charge is 0.410 e. The van der Waals surface area contributed by atoms with Gasteiger partial charge in [-0.2, -0.15) is 0 Å². The number of rotatable bonds is 3. The number of aromatic nitrogens is 2. The SMILES string of the molecule is CC(C)(C)OC(=O)N1CCCC[C@@H]1C[S@](=O)c1cc(Cl)ncn1. The molecule has 1 fully saturated rings. The lowest BCUT2D eigenvalue weighted by molar-refractivity contribution is 0.0125. The summed E-state index contributed by atoms with van der Waals surface area (Å²) in [6.45, 7) is 6.14. The minimum absolute atomic E-state index is 0.117. The van der Waals surface area contributed by atoms with Crippen molar-refractivity contribution >= 4 is 28.5 Å². The Labute approximate surface area is 144 Å². The Morgan fingerprint density at radius 2 is 2.17 bits per heavy atom. The molecule has 8 heteroatoms. The lowest BCUT2D eigenvalue weighted by atomic mass is 10.0. The number of amides is 1. The molecule has 0 aromatic carbocycles. The van der Waals surface area contributed by atoms with Crippen molar-refractivity contribution in [2.45, 2.75) is 56.7 Å². The van der Waals surface area contributed by atoms with Gasteiger partial charge in [0.15, 0.2) is 0 Å². The first kappa shape index (κ1) is 18.1. The fourth-order valence-electron chi connectivity index (χ4n) is 2.44. The summed E-state index contributed by atoms with van der Waals surface area (Å²) in [6.07, 6.45) is 3.69. The van der Waals surface area contributed by atoms with Gasteiger partial charge in [-0.25, -0.2) is 14.8 Å². The number of hydrogen-bond donors (Lipinski definition) is 0. The van der Waals surface area contributed by atoms with E-state index in [-0.39, 0.29) is 17.3 Å². The van der Waals surface area contributed by atoms with E-state index in [0.29, 0.717) is 17.3 Å². The summed E-state index contributed by atoms with van der Waals surface area (Å²) in [4.78, 5) is 21.8. The maximum atomic E-state index is 12.5. The quantitative estimate of drug-likeness (QED) is 0.775. The first-order valence-electron chi connectivity index (χ1n) is 7.62. The van der Waals surface area contributed by atoms with E-state index in [9.17, 15) is 9.00 Å². The Balaban J connectivity index is 2.06. The lowest BCUT2D eigenvalue weighted by Crippen LogP contribution is -2.48. The minimum Gasteiger partial charge on any atom is -0.444 e. The molecule has 0 spiro atoms. The summed E-state index contributed by atoms with van der Waals surface area (Å²) in [5.74, 6) is 0.326. The van der Waals surface area contributed by atoms with Gasteiger partial charge in [0, 0.05) is 18.7 Å². The maximum Gasteiger partial charge on any atom is 0.410 e. The molecule has 0 radical (unpaired) electrons. The van der Waals surface area contributed by atoms with Crippen LogP contribution >= 0.6 is 11.6 Å². The molecule has 1 saturated heterocycles. The molecule has 0 bridgehead atoms. The number of carbonyl (C=O) groups excluding carboxylic acids is 1. The molecule has 1 aliphatic rings. The molecule has 128 valence electrons. The van der Waals surface area contributed by atoms with E-state index in [4.69, 9.17) is 16.3 Å². The molecule has 0 saturated carbocycles. The van der Waals surface area contributed by atoms with Crippen LogP contribution in [0.25, 0.3) is 0 Å². The molecule has 6 nitrogen and oxygen atoms in total. The summed E-state index contributed by atoms with van der Waals surface area (Å²) < 4.78 is 18.0. The predicted molar refractivity (Wildman–Crippen MR) is 88.9 cm³/mol. The van der Waals surface area contributed by atoms with Crippen LogP contribution in [0.5, 0.6) is 0 Å². The molecule has 0 aliphatic carbocycles. The maximum absolute atomic E-state index is 12.5. The third kappa shape index (κ3) is 5.42. The minimum atomic E-state index is -1.34. The standard InChI is InChI=1S/C15H22ClN3O3S/c1-15(2,3)22-14(20)19-7-5-4-6-11(19)9-23(21)13-8-12(16)17-10-18-13/h8,10-11H,4-7,9H2,1-3H3/t11-,23+/m1/s1. The molecule has 1 aromatic rings. The first-order chi connectivity index (χ1) is 10.8. The van der Waals surface area contributed by atoms with Crippen LogP contribution in [-0.2, 0) is 15.5 Å². The molecular weight excluding hydrogens is 338 g/mol. The van der Waals surface area contributed by atoms with Gasteiger partial charge in [0.05, 0.1) is 16.6 Å². The van der Waals surface area contributed by atoms with E-state index in [1.807, 2.05) is 20.8 Å². The summed E-state index contributed by atoms with van der Waals surface area (Å²) in [5, 5.41) is 0.649. The summed E-state index contributed by atoms with van der Waals surface area (Å²) in [6, 6.07) is 1.38. The fraction of sp³-hybridized carbons (Fsp3) is 0.667. The van der Waals surface area contributed by atoms with E-state index in [1.54, 1.807) is 4.90 Å². The number of ether oxygens (including phenoxy) is 1. The van der Waals surface area contributed by atoms with Crippen LogP contribution < -0.4 is 0 Å². The van der Waals surface area contributed by atoms with Crippen molar-refractivity contribution in [3.05, 3.63) is 17.5 Å². The summed E-state index contributed by atoms with van der Waals surface area (Å²) >= 11 is 5.81. The predicted octanol–water partition coefficient (Wildman–Crippen LogP) is 3.03. The molecule has 0 unspecified atom stereocenters. The molecular formula is C15H22ClN3O3S. The molecule has 1 aliphatic heterocycles. The van der Waals surface area contributed by atoms with Crippen molar-refractivity contribution in [2.24, 2.45) is 0 Å². The zero-order valence-corrected chi connectivity index (χ0v) is 15.2. The Morgan fingerprint density at radius 1 is 1.43 bits per heavy atom. The zero-order chi connectivity index (χ0) is 17.0. The average molecular weight is 360 g/mol. The Morgan fingerprint density at radius 3 is 2.83 bits per heavy atom. The van der Waals surface area contributed by atoms with E-state index < -0.39 is 16.4 Å². The molecule has 1 amide bonds. The largest absolute Gasteiger partial charge is 0.444 e. The topological polar surface area (TPSA) is 72.4 Å². The highest BCUT2D eigenvalue weighted by Gasteiger charge is 2.31. The zero-order valence-electron chi connectivity index (χ0n) is 13.6. The van der Waals surface area contributed by atoms with Crippen molar-refractivity contribution in [3.8, 4) is 0 Å². The van der Waals surface area contributed by atoms with Crippen LogP contribution in [0.3, 0.4) is 0 Å². The van der Waals surface area contributed by atoms with Crippen molar-refractivity contribution in [2.75, 3.05) is 12.3 Å². The Bertz CT molecular complexity index is 592. The van der Waals surface area contributed by atoms with Crippen molar-refractivity contribution in [3.63, 3.8) is 0 Å². The highest BCUT2D eigenvalue weighted by atomic mass is 35.5. The number of carbonyl (C=O) groups is 1. The highest BCUT2D eigenvalue weighted by Crippen LogP contribution is 2.22. The third-order valence-electron chi connectivity index (χ3n) is 3.44. The van der Waals surface area contributed by atoms with E-state index in [0.717, 1.165) is 19.3 Å². The van der Waals surface area contributed by atoms with Crippen LogP contribution in [0.4, 0.5) is 4.79 Å². The summed E-state index contributed by atoms with van der Waals surface area (Å²) in [5.41, 5.74) is -0.543. The average Bonchev–Trinajstić information content (AvgIpc) is 2.46. The third-order valence-corrected chi connectivity index (χ3v) is 5.02. The second kappa shape index (κ2) is 7.57. The van der Waals surface area contributed by atoms with Crippen LogP contribution in [0.2, 0.25) is 5.15 Å². The van der Waals surface area contributed by atoms with Gasteiger partial charge in [-0.3, -0.25) is 4.21 Å². The first-order valence-corrected chi connectivity index (χ1v) is 9.31. The molecule has 2 rings (SSSR count). The Kier molecular flexibility index (Phi) is 5.97. The van der Waals surface area contributed by atoms with Crippen LogP contribution in [0.15, 0.2) is 17.4 Å². The van der Waals surface area contributed by atoms with Crippen molar-refractivity contribution in [1.82, 2.24) is 14.9 Å². The molecule has 1 aromatic heterocycles. The van der Waals surface area contributed by atoms with Crippen LogP contribution in [-0.4, -0.2) is 49.1 Å². The monoisotopic (exact) mass is 359 g/mol. The second-order valence-corrected chi connectivity index (χ2v) is 8.34. The van der Waals surface area contributed by atoms with Gasteiger partial charge < -0.3 is 9.64 Å². The van der Waals surface area contributed by atoms with E-state index in [2.05, 4.69) is 9.97 Å². The van der Waals surface area contributed by atoms with Crippen LogP contribution in [0.1, 0.15) is 40.0 Å².